The van der Waals surface area contributed by atoms with Crippen molar-refractivity contribution < 1.29 is 9.66 Å². The number of hydrogen-bond acceptors (Lipinski definition) is 5. The molecule has 6 nitrogen and oxygen atoms in total. The van der Waals surface area contributed by atoms with Gasteiger partial charge in [0, 0.05) is 12.0 Å². The first-order valence-electron chi connectivity index (χ1n) is 8.59. The summed E-state index contributed by atoms with van der Waals surface area (Å²) in [5.74, 6) is 0. The molecule has 6 heteroatoms. The molecule has 0 fully saturated rings. The second-order valence-electron chi connectivity index (χ2n) is 5.98. The molecule has 0 spiro atoms. The number of para-hydroxylation sites is 1. The lowest BCUT2D eigenvalue weighted by atomic mass is 10.1. The molecular weight excluding hydrogens is 330 g/mol. The van der Waals surface area contributed by atoms with Crippen molar-refractivity contribution in [1.29, 1.82) is 0 Å². The highest BCUT2D eigenvalue weighted by Gasteiger charge is 2.21. The maximum Gasteiger partial charge on any atom is 0.311 e. The van der Waals surface area contributed by atoms with E-state index in [0.29, 0.717) is 25.3 Å². The van der Waals surface area contributed by atoms with Crippen LogP contribution < -0.4 is 5.32 Å². The topological polar surface area (TPSA) is 77.3 Å². The molecule has 1 heterocycles. The molecule has 0 saturated heterocycles. The fourth-order valence-electron chi connectivity index (χ4n) is 2.94. The molecule has 1 N–H and O–H groups in total. The lowest BCUT2D eigenvalue weighted by Crippen LogP contribution is -2.28. The van der Waals surface area contributed by atoms with E-state index in [4.69, 9.17) is 4.74 Å². The molecular formula is C20H21N3O3. The zero-order valence-electron chi connectivity index (χ0n) is 14.6. The molecule has 0 aliphatic heterocycles. The summed E-state index contributed by atoms with van der Waals surface area (Å²) < 4.78 is 5.60. The van der Waals surface area contributed by atoms with Gasteiger partial charge in [-0.15, -0.1) is 0 Å². The molecule has 0 unspecified atom stereocenters. The maximum atomic E-state index is 11.5. The van der Waals surface area contributed by atoms with Gasteiger partial charge >= 0.3 is 5.69 Å². The summed E-state index contributed by atoms with van der Waals surface area (Å²) in [7, 11) is 0. The number of ether oxygens (including phenoxy) is 1. The molecule has 134 valence electrons. The molecule has 1 aromatic heterocycles. The highest BCUT2D eigenvalue weighted by molar-refractivity contribution is 5.95. The molecule has 3 aromatic rings. The van der Waals surface area contributed by atoms with Crippen LogP contribution in [0, 0.1) is 10.1 Å². The van der Waals surface area contributed by atoms with Crippen LogP contribution in [0.4, 0.5) is 11.4 Å². The largest absolute Gasteiger partial charge is 0.380 e. The van der Waals surface area contributed by atoms with Crippen molar-refractivity contribution in [2.45, 2.75) is 19.4 Å². The molecule has 0 amide bonds. The minimum Gasteiger partial charge on any atom is -0.380 e. The van der Waals surface area contributed by atoms with Gasteiger partial charge in [-0.1, -0.05) is 48.5 Å². The smallest absolute Gasteiger partial charge is 0.311 e. The fourth-order valence-corrected chi connectivity index (χ4v) is 2.94. The van der Waals surface area contributed by atoms with Gasteiger partial charge in [0.2, 0.25) is 0 Å². The number of rotatable bonds is 8. The zero-order chi connectivity index (χ0) is 18.4. The number of hydrogen-bond donors (Lipinski definition) is 1. The number of benzene rings is 2. The van der Waals surface area contributed by atoms with E-state index in [1.165, 1.54) is 6.20 Å². The Morgan fingerprint density at radius 1 is 1.15 bits per heavy atom. The Kier molecular flexibility index (Phi) is 5.76. The van der Waals surface area contributed by atoms with E-state index in [-0.39, 0.29) is 11.7 Å². The standard InChI is InChI=1S/C20H21N3O3/c1-2-26-14-16(12-15-8-4-3-5-9-15)22-20-17-10-6-7-11-18(17)21-13-19(20)23(24)25/h3-11,13,16H,2,12,14H2,1H3,(H,21,22)/t16-/m0/s1. The third-order valence-electron chi connectivity index (χ3n) is 4.15. The normalized spacial score (nSPS) is 12.0. The first-order valence-corrected chi connectivity index (χ1v) is 8.59. The highest BCUT2D eigenvalue weighted by atomic mass is 16.6. The van der Waals surface area contributed by atoms with Crippen LogP contribution in [0.5, 0.6) is 0 Å². The zero-order valence-corrected chi connectivity index (χ0v) is 14.6. The summed E-state index contributed by atoms with van der Waals surface area (Å²) in [6, 6.07) is 17.3. The minimum atomic E-state index is -0.401. The number of nitrogens with zero attached hydrogens (tertiary/aromatic N) is 2. The van der Waals surface area contributed by atoms with Crippen LogP contribution in [0.25, 0.3) is 10.9 Å². The van der Waals surface area contributed by atoms with Gasteiger partial charge in [-0.3, -0.25) is 10.1 Å². The van der Waals surface area contributed by atoms with Crippen molar-refractivity contribution in [1.82, 2.24) is 4.98 Å². The van der Waals surface area contributed by atoms with Crippen molar-refractivity contribution in [3.63, 3.8) is 0 Å². The van der Waals surface area contributed by atoms with E-state index in [0.717, 1.165) is 16.5 Å². The molecule has 3 rings (SSSR count). The quantitative estimate of drug-likeness (QED) is 0.486. The maximum absolute atomic E-state index is 11.5. The number of anilines is 1. The monoisotopic (exact) mass is 351 g/mol. The lowest BCUT2D eigenvalue weighted by Gasteiger charge is -2.21. The summed E-state index contributed by atoms with van der Waals surface area (Å²) in [6.45, 7) is 2.98. The second-order valence-corrected chi connectivity index (χ2v) is 5.98. The van der Waals surface area contributed by atoms with Crippen molar-refractivity contribution in [3.05, 3.63) is 76.5 Å². The lowest BCUT2D eigenvalue weighted by molar-refractivity contribution is -0.384. The summed E-state index contributed by atoms with van der Waals surface area (Å²) in [6.07, 6.45) is 2.01. The third-order valence-corrected chi connectivity index (χ3v) is 4.15. The first kappa shape index (κ1) is 17.8. The highest BCUT2D eigenvalue weighted by Crippen LogP contribution is 2.32. The molecule has 0 bridgehead atoms. The van der Waals surface area contributed by atoms with Gasteiger partial charge in [0.05, 0.1) is 23.1 Å². The van der Waals surface area contributed by atoms with Crippen LogP contribution in [0.2, 0.25) is 0 Å². The van der Waals surface area contributed by atoms with Gasteiger partial charge in [0.15, 0.2) is 0 Å². The van der Waals surface area contributed by atoms with Crippen molar-refractivity contribution >= 4 is 22.3 Å². The Morgan fingerprint density at radius 2 is 1.88 bits per heavy atom. The van der Waals surface area contributed by atoms with Crippen LogP contribution in [-0.4, -0.2) is 29.2 Å². The van der Waals surface area contributed by atoms with Gasteiger partial charge in [0.1, 0.15) is 11.9 Å². The van der Waals surface area contributed by atoms with E-state index in [1.54, 1.807) is 0 Å². The number of pyridine rings is 1. The number of aromatic nitrogens is 1. The van der Waals surface area contributed by atoms with Crippen molar-refractivity contribution in [2.24, 2.45) is 0 Å². The van der Waals surface area contributed by atoms with Crippen LogP contribution in [-0.2, 0) is 11.2 Å². The van der Waals surface area contributed by atoms with Crippen molar-refractivity contribution in [2.75, 3.05) is 18.5 Å². The summed E-state index contributed by atoms with van der Waals surface area (Å²) in [4.78, 5) is 15.3. The van der Waals surface area contributed by atoms with Gasteiger partial charge in [-0.05, 0) is 25.0 Å². The van der Waals surface area contributed by atoms with Gasteiger partial charge in [0.25, 0.3) is 0 Å². The summed E-state index contributed by atoms with van der Waals surface area (Å²) >= 11 is 0. The SMILES string of the molecule is CCOC[C@H](Cc1ccccc1)Nc1c([N+](=O)[O-])cnc2ccccc12. The Bertz CT molecular complexity index is 884. The molecule has 0 radical (unpaired) electrons. The van der Waals surface area contributed by atoms with Crippen LogP contribution in [0.15, 0.2) is 60.8 Å². The molecule has 1 atom stereocenters. The number of fused-ring (bicyclic) bond motifs is 1. The number of nitrogens with one attached hydrogen (secondary N) is 1. The Morgan fingerprint density at radius 3 is 2.62 bits per heavy atom. The molecule has 0 aliphatic rings. The first-order chi connectivity index (χ1) is 12.7. The fraction of sp³-hybridized carbons (Fsp3) is 0.250. The Labute approximate surface area is 152 Å². The summed E-state index contributed by atoms with van der Waals surface area (Å²) in [5, 5.41) is 15.6. The predicted molar refractivity (Wildman–Crippen MR) is 102 cm³/mol. The van der Waals surface area contributed by atoms with Crippen LogP contribution in [0.3, 0.4) is 0 Å². The van der Waals surface area contributed by atoms with E-state index in [1.807, 2.05) is 61.5 Å². The number of nitro groups is 1. The second kappa shape index (κ2) is 8.40. The average molecular weight is 351 g/mol. The molecule has 26 heavy (non-hydrogen) atoms. The average Bonchev–Trinajstić information content (AvgIpc) is 2.67. The van der Waals surface area contributed by atoms with Crippen LogP contribution in [0.1, 0.15) is 12.5 Å². The third kappa shape index (κ3) is 4.15. The van der Waals surface area contributed by atoms with E-state index in [2.05, 4.69) is 10.3 Å². The van der Waals surface area contributed by atoms with E-state index < -0.39 is 4.92 Å². The van der Waals surface area contributed by atoms with E-state index in [9.17, 15) is 10.1 Å². The summed E-state index contributed by atoms with van der Waals surface area (Å²) in [5.41, 5.74) is 2.32. The van der Waals surface area contributed by atoms with E-state index >= 15 is 0 Å². The Balaban J connectivity index is 1.96. The van der Waals surface area contributed by atoms with Crippen LogP contribution >= 0.6 is 0 Å². The molecule has 0 saturated carbocycles. The van der Waals surface area contributed by atoms with Gasteiger partial charge in [-0.25, -0.2) is 4.98 Å². The Hall–Kier alpha value is -2.99. The van der Waals surface area contributed by atoms with Gasteiger partial charge < -0.3 is 10.1 Å². The minimum absolute atomic E-state index is 0.0294. The predicted octanol–water partition coefficient (Wildman–Crippen LogP) is 4.20. The molecule has 2 aromatic carbocycles. The van der Waals surface area contributed by atoms with Gasteiger partial charge in [-0.2, -0.15) is 0 Å². The molecule has 0 aliphatic carbocycles. The van der Waals surface area contributed by atoms with Crippen molar-refractivity contribution in [3.8, 4) is 0 Å².